The van der Waals surface area contributed by atoms with Gasteiger partial charge in [0.2, 0.25) is 10.0 Å². The second-order valence-corrected chi connectivity index (χ2v) is 7.78. The van der Waals surface area contributed by atoms with Gasteiger partial charge in [0.15, 0.2) is 0 Å². The van der Waals surface area contributed by atoms with Crippen LogP contribution >= 0.6 is 0 Å². The first-order valence-corrected chi connectivity index (χ1v) is 8.84. The normalized spacial score (nSPS) is 17.7. The summed E-state index contributed by atoms with van der Waals surface area (Å²) in [5, 5.41) is 0. The number of anilines is 1. The molecule has 5 nitrogen and oxygen atoms in total. The van der Waals surface area contributed by atoms with E-state index in [1.54, 1.807) is 18.2 Å². The number of likely N-dealkylation sites (N-methyl/N-ethyl adjacent to an activating group) is 1. The van der Waals surface area contributed by atoms with Gasteiger partial charge in [0.1, 0.15) is 0 Å². The predicted molar refractivity (Wildman–Crippen MR) is 85.7 cm³/mol. The number of aryl methyl sites for hydroxylation is 1. The molecule has 0 spiro atoms. The third kappa shape index (κ3) is 3.22. The molecule has 0 atom stereocenters. The van der Waals surface area contributed by atoms with E-state index >= 15 is 0 Å². The van der Waals surface area contributed by atoms with Crippen LogP contribution in [0.2, 0.25) is 0 Å². The summed E-state index contributed by atoms with van der Waals surface area (Å²) in [5.74, 6) is 0. The first-order valence-electron chi connectivity index (χ1n) is 7.36. The Hall–Kier alpha value is -1.11. The largest absolute Gasteiger partial charge is 0.398 e. The van der Waals surface area contributed by atoms with Gasteiger partial charge in [0, 0.05) is 17.8 Å². The van der Waals surface area contributed by atoms with Gasteiger partial charge in [-0.1, -0.05) is 13.0 Å². The van der Waals surface area contributed by atoms with E-state index in [2.05, 4.69) is 9.62 Å². The molecule has 0 unspecified atom stereocenters. The number of hydrogen-bond acceptors (Lipinski definition) is 4. The number of nitrogens with one attached hydrogen (secondary N) is 1. The van der Waals surface area contributed by atoms with Crippen molar-refractivity contribution in [2.45, 2.75) is 43.0 Å². The Bertz CT molecular complexity index is 607. The van der Waals surface area contributed by atoms with Gasteiger partial charge >= 0.3 is 0 Å². The van der Waals surface area contributed by atoms with E-state index in [0.29, 0.717) is 12.2 Å². The lowest BCUT2D eigenvalue weighted by Crippen LogP contribution is -2.57. The minimum absolute atomic E-state index is 0.0397. The number of nitrogen functional groups attached to an aromatic ring is 1. The summed E-state index contributed by atoms with van der Waals surface area (Å²) < 4.78 is 27.6. The fraction of sp³-hybridized carbons (Fsp3) is 0.600. The average molecular weight is 311 g/mol. The zero-order chi connectivity index (χ0) is 15.7. The smallest absolute Gasteiger partial charge is 0.240 e. The number of hydrogen-bond donors (Lipinski definition) is 2. The van der Waals surface area contributed by atoms with Crippen molar-refractivity contribution in [3.63, 3.8) is 0 Å². The van der Waals surface area contributed by atoms with Crippen LogP contribution in [0.25, 0.3) is 0 Å². The zero-order valence-electron chi connectivity index (χ0n) is 13.0. The Kier molecular flexibility index (Phi) is 4.60. The van der Waals surface area contributed by atoms with Crippen LogP contribution in [0.15, 0.2) is 23.1 Å². The van der Waals surface area contributed by atoms with E-state index in [1.807, 2.05) is 21.0 Å². The first kappa shape index (κ1) is 16.3. The van der Waals surface area contributed by atoms with Gasteiger partial charge in [0.25, 0.3) is 0 Å². The molecular formula is C15H25N3O2S. The fourth-order valence-corrected chi connectivity index (χ4v) is 3.90. The molecule has 1 aromatic carbocycles. The zero-order valence-corrected chi connectivity index (χ0v) is 13.8. The molecule has 0 saturated heterocycles. The van der Waals surface area contributed by atoms with E-state index in [-0.39, 0.29) is 10.4 Å². The van der Waals surface area contributed by atoms with Crippen molar-refractivity contribution in [1.82, 2.24) is 9.62 Å². The standard InChI is InChI=1S/C15H25N3O2S/c1-4-12-6-7-13(10-14(12)16)21(19,20)17-11-15(18(2)3)8-5-9-15/h6-7,10,17H,4-5,8-9,11,16H2,1-3H3. The summed E-state index contributed by atoms with van der Waals surface area (Å²) in [7, 11) is 0.496. The van der Waals surface area contributed by atoms with Crippen molar-refractivity contribution < 1.29 is 8.42 Å². The molecule has 21 heavy (non-hydrogen) atoms. The number of benzene rings is 1. The summed E-state index contributed by atoms with van der Waals surface area (Å²) in [6.45, 7) is 2.44. The second kappa shape index (κ2) is 5.94. The average Bonchev–Trinajstić information content (AvgIpc) is 2.36. The van der Waals surface area contributed by atoms with E-state index < -0.39 is 10.0 Å². The van der Waals surface area contributed by atoms with Gasteiger partial charge in [-0.05, 0) is 57.5 Å². The molecule has 0 amide bonds. The van der Waals surface area contributed by atoms with Crippen LogP contribution in [-0.4, -0.2) is 39.5 Å². The van der Waals surface area contributed by atoms with Gasteiger partial charge in [-0.25, -0.2) is 13.1 Å². The van der Waals surface area contributed by atoms with E-state index in [9.17, 15) is 8.42 Å². The molecule has 0 bridgehead atoms. The Labute approximate surface area is 127 Å². The van der Waals surface area contributed by atoms with Crippen LogP contribution in [0.5, 0.6) is 0 Å². The van der Waals surface area contributed by atoms with E-state index in [1.165, 1.54) is 0 Å². The quantitative estimate of drug-likeness (QED) is 0.782. The Balaban J connectivity index is 2.13. The lowest BCUT2D eigenvalue weighted by Gasteiger charge is -2.47. The highest BCUT2D eigenvalue weighted by molar-refractivity contribution is 7.89. The summed E-state index contributed by atoms with van der Waals surface area (Å²) in [6, 6.07) is 4.96. The molecule has 1 aromatic rings. The van der Waals surface area contributed by atoms with Crippen molar-refractivity contribution in [2.75, 3.05) is 26.4 Å². The maximum absolute atomic E-state index is 12.4. The number of nitrogens with two attached hydrogens (primary N) is 1. The second-order valence-electron chi connectivity index (χ2n) is 6.01. The van der Waals surface area contributed by atoms with E-state index in [4.69, 9.17) is 5.73 Å². The molecule has 1 fully saturated rings. The Morgan fingerprint density at radius 2 is 2.00 bits per heavy atom. The molecule has 2 rings (SSSR count). The van der Waals surface area contributed by atoms with Gasteiger partial charge < -0.3 is 10.6 Å². The van der Waals surface area contributed by atoms with Crippen molar-refractivity contribution in [3.05, 3.63) is 23.8 Å². The summed E-state index contributed by atoms with van der Waals surface area (Å²) in [4.78, 5) is 2.36. The van der Waals surface area contributed by atoms with Crippen LogP contribution in [-0.2, 0) is 16.4 Å². The number of rotatable bonds is 6. The molecule has 1 aliphatic carbocycles. The molecule has 0 heterocycles. The minimum atomic E-state index is -3.51. The molecule has 0 radical (unpaired) electrons. The minimum Gasteiger partial charge on any atom is -0.398 e. The number of nitrogens with zero attached hydrogens (tertiary/aromatic N) is 1. The van der Waals surface area contributed by atoms with E-state index in [0.717, 1.165) is 31.2 Å². The lowest BCUT2D eigenvalue weighted by atomic mass is 9.76. The van der Waals surface area contributed by atoms with Gasteiger partial charge in [-0.2, -0.15) is 0 Å². The van der Waals surface area contributed by atoms with Gasteiger partial charge in [-0.3, -0.25) is 0 Å². The molecule has 3 N–H and O–H groups in total. The summed E-state index contributed by atoms with van der Waals surface area (Å²) >= 11 is 0. The van der Waals surface area contributed by atoms with Crippen LogP contribution in [0, 0.1) is 0 Å². The first-order chi connectivity index (χ1) is 9.81. The van der Waals surface area contributed by atoms with Crippen LogP contribution in [0.1, 0.15) is 31.7 Å². The van der Waals surface area contributed by atoms with Crippen molar-refractivity contribution in [3.8, 4) is 0 Å². The Morgan fingerprint density at radius 3 is 2.43 bits per heavy atom. The molecule has 1 saturated carbocycles. The SMILES string of the molecule is CCc1ccc(S(=O)(=O)NCC2(N(C)C)CCC2)cc1N. The molecule has 6 heteroatoms. The summed E-state index contributed by atoms with van der Waals surface area (Å²) in [6.07, 6.45) is 4.00. The maximum atomic E-state index is 12.4. The molecule has 118 valence electrons. The predicted octanol–water partition coefficient (Wildman–Crippen LogP) is 1.59. The third-order valence-corrected chi connectivity index (χ3v) is 6.03. The van der Waals surface area contributed by atoms with Crippen LogP contribution < -0.4 is 10.5 Å². The highest BCUT2D eigenvalue weighted by atomic mass is 32.2. The van der Waals surface area contributed by atoms with Crippen LogP contribution in [0.3, 0.4) is 0 Å². The van der Waals surface area contributed by atoms with Crippen LogP contribution in [0.4, 0.5) is 5.69 Å². The number of sulfonamides is 1. The van der Waals surface area contributed by atoms with Crippen molar-refractivity contribution in [2.24, 2.45) is 0 Å². The van der Waals surface area contributed by atoms with Gasteiger partial charge in [-0.15, -0.1) is 0 Å². The molecule has 0 aromatic heterocycles. The van der Waals surface area contributed by atoms with Gasteiger partial charge in [0.05, 0.1) is 4.90 Å². The topological polar surface area (TPSA) is 75.4 Å². The molecular weight excluding hydrogens is 286 g/mol. The highest BCUT2D eigenvalue weighted by Gasteiger charge is 2.39. The maximum Gasteiger partial charge on any atom is 0.240 e. The van der Waals surface area contributed by atoms with Crippen molar-refractivity contribution in [1.29, 1.82) is 0 Å². The highest BCUT2D eigenvalue weighted by Crippen LogP contribution is 2.35. The summed E-state index contributed by atoms with van der Waals surface area (Å²) in [5.41, 5.74) is 7.36. The lowest BCUT2D eigenvalue weighted by molar-refractivity contribution is 0.0657. The third-order valence-electron chi connectivity index (χ3n) is 4.63. The molecule has 0 aliphatic heterocycles. The monoisotopic (exact) mass is 311 g/mol. The van der Waals surface area contributed by atoms with Crippen molar-refractivity contribution >= 4 is 15.7 Å². The fourth-order valence-electron chi connectivity index (χ4n) is 2.74. The molecule has 1 aliphatic rings. The Morgan fingerprint density at radius 1 is 1.33 bits per heavy atom.